The van der Waals surface area contributed by atoms with Gasteiger partial charge in [-0.2, -0.15) is 0 Å². The standard InChI is InChI=1S/C16H23N3O2/c1-16(10-4-5-13(16)17)15(21)18-12-8-6-11(7-9-12)14(20)19(2)3/h6-9,13H,4-5,10,17H2,1-3H3,(H,18,21). The van der Waals surface area contributed by atoms with Crippen LogP contribution in [0.5, 0.6) is 0 Å². The summed E-state index contributed by atoms with van der Waals surface area (Å²) in [5, 5.41) is 2.91. The van der Waals surface area contributed by atoms with Crippen LogP contribution in [-0.4, -0.2) is 36.9 Å². The van der Waals surface area contributed by atoms with Crippen LogP contribution in [0, 0.1) is 5.41 Å². The predicted octanol–water partition coefficient (Wildman–Crippen LogP) is 1.84. The number of nitrogens with two attached hydrogens (primary N) is 1. The lowest BCUT2D eigenvalue weighted by Crippen LogP contribution is -2.44. The summed E-state index contributed by atoms with van der Waals surface area (Å²) in [5.74, 6) is -0.100. The fraction of sp³-hybridized carbons (Fsp3) is 0.500. The lowest BCUT2D eigenvalue weighted by Gasteiger charge is -2.27. The van der Waals surface area contributed by atoms with E-state index in [0.717, 1.165) is 19.3 Å². The summed E-state index contributed by atoms with van der Waals surface area (Å²) in [6, 6.07) is 6.84. The van der Waals surface area contributed by atoms with E-state index in [1.165, 1.54) is 4.90 Å². The first kappa shape index (κ1) is 15.5. The summed E-state index contributed by atoms with van der Waals surface area (Å²) in [6.07, 6.45) is 2.69. The number of nitrogens with zero attached hydrogens (tertiary/aromatic N) is 1. The Kier molecular flexibility index (Phi) is 4.32. The number of hydrogen-bond acceptors (Lipinski definition) is 3. The molecular formula is C16H23N3O2. The maximum atomic E-state index is 12.4. The molecule has 21 heavy (non-hydrogen) atoms. The van der Waals surface area contributed by atoms with Gasteiger partial charge in [0.1, 0.15) is 0 Å². The van der Waals surface area contributed by atoms with Gasteiger partial charge in [0.15, 0.2) is 0 Å². The molecule has 1 aromatic rings. The van der Waals surface area contributed by atoms with Crippen molar-refractivity contribution in [2.45, 2.75) is 32.2 Å². The molecule has 1 saturated carbocycles. The molecule has 2 rings (SSSR count). The van der Waals surface area contributed by atoms with Gasteiger partial charge >= 0.3 is 0 Å². The molecule has 1 aromatic carbocycles. The third-order valence-electron chi connectivity index (χ3n) is 4.34. The van der Waals surface area contributed by atoms with E-state index in [9.17, 15) is 9.59 Å². The summed E-state index contributed by atoms with van der Waals surface area (Å²) in [7, 11) is 3.42. The first-order valence-electron chi connectivity index (χ1n) is 7.23. The molecule has 114 valence electrons. The van der Waals surface area contributed by atoms with Crippen LogP contribution in [0.1, 0.15) is 36.5 Å². The number of rotatable bonds is 3. The first-order chi connectivity index (χ1) is 9.84. The van der Waals surface area contributed by atoms with E-state index in [4.69, 9.17) is 5.73 Å². The van der Waals surface area contributed by atoms with Gasteiger partial charge < -0.3 is 16.0 Å². The number of amides is 2. The van der Waals surface area contributed by atoms with Crippen LogP contribution in [0.4, 0.5) is 5.69 Å². The molecule has 0 radical (unpaired) electrons. The molecule has 0 heterocycles. The predicted molar refractivity (Wildman–Crippen MR) is 83.0 cm³/mol. The second kappa shape index (κ2) is 5.85. The summed E-state index contributed by atoms with van der Waals surface area (Å²) in [5.41, 5.74) is 6.84. The topological polar surface area (TPSA) is 75.4 Å². The Morgan fingerprint density at radius 1 is 1.29 bits per heavy atom. The Labute approximate surface area is 125 Å². The zero-order valence-corrected chi connectivity index (χ0v) is 12.8. The molecule has 1 aliphatic rings. The van der Waals surface area contributed by atoms with Crippen LogP contribution in [0.25, 0.3) is 0 Å². The van der Waals surface area contributed by atoms with Crippen molar-refractivity contribution in [2.75, 3.05) is 19.4 Å². The van der Waals surface area contributed by atoms with Crippen LogP contribution < -0.4 is 11.1 Å². The van der Waals surface area contributed by atoms with Crippen LogP contribution in [0.15, 0.2) is 24.3 Å². The van der Waals surface area contributed by atoms with Gasteiger partial charge in [-0.15, -0.1) is 0 Å². The van der Waals surface area contributed by atoms with Gasteiger partial charge in [-0.05, 0) is 44.0 Å². The molecule has 1 aliphatic carbocycles. The lowest BCUT2D eigenvalue weighted by atomic mass is 9.84. The highest BCUT2D eigenvalue weighted by atomic mass is 16.2. The van der Waals surface area contributed by atoms with Crippen molar-refractivity contribution in [3.05, 3.63) is 29.8 Å². The third-order valence-corrected chi connectivity index (χ3v) is 4.34. The van der Waals surface area contributed by atoms with Crippen molar-refractivity contribution in [1.82, 2.24) is 4.90 Å². The van der Waals surface area contributed by atoms with Gasteiger partial charge in [0, 0.05) is 31.4 Å². The SMILES string of the molecule is CN(C)C(=O)c1ccc(NC(=O)C2(C)CCCC2N)cc1. The quantitative estimate of drug-likeness (QED) is 0.891. The van der Waals surface area contributed by atoms with Gasteiger partial charge in [0.05, 0.1) is 5.41 Å². The van der Waals surface area contributed by atoms with Gasteiger partial charge in [-0.1, -0.05) is 6.42 Å². The second-order valence-corrected chi connectivity index (χ2v) is 6.15. The average Bonchev–Trinajstić information content (AvgIpc) is 2.80. The molecule has 3 N–H and O–H groups in total. The normalized spacial score (nSPS) is 24.7. The van der Waals surface area contributed by atoms with Crippen molar-refractivity contribution in [1.29, 1.82) is 0 Å². The number of benzene rings is 1. The molecule has 0 saturated heterocycles. The van der Waals surface area contributed by atoms with E-state index >= 15 is 0 Å². The van der Waals surface area contributed by atoms with Gasteiger partial charge in [-0.25, -0.2) is 0 Å². The minimum absolute atomic E-state index is 0.0424. The van der Waals surface area contributed by atoms with Crippen molar-refractivity contribution in [3.63, 3.8) is 0 Å². The highest BCUT2D eigenvalue weighted by Gasteiger charge is 2.42. The highest BCUT2D eigenvalue weighted by Crippen LogP contribution is 2.37. The second-order valence-electron chi connectivity index (χ2n) is 6.15. The molecule has 0 aliphatic heterocycles. The summed E-state index contributed by atoms with van der Waals surface area (Å²) < 4.78 is 0. The van der Waals surface area contributed by atoms with Crippen LogP contribution in [0.2, 0.25) is 0 Å². The summed E-state index contributed by atoms with van der Waals surface area (Å²) >= 11 is 0. The Morgan fingerprint density at radius 2 is 1.90 bits per heavy atom. The van der Waals surface area contributed by atoms with E-state index < -0.39 is 5.41 Å². The average molecular weight is 289 g/mol. The molecular weight excluding hydrogens is 266 g/mol. The highest BCUT2D eigenvalue weighted by molar-refractivity contribution is 5.97. The molecule has 5 nitrogen and oxygen atoms in total. The maximum absolute atomic E-state index is 12.4. The molecule has 5 heteroatoms. The molecule has 2 unspecified atom stereocenters. The van der Waals surface area contributed by atoms with Crippen molar-refractivity contribution in [3.8, 4) is 0 Å². The number of carbonyl (C=O) groups is 2. The molecule has 0 aromatic heterocycles. The lowest BCUT2D eigenvalue weighted by molar-refractivity contribution is -0.125. The largest absolute Gasteiger partial charge is 0.345 e. The van der Waals surface area contributed by atoms with Gasteiger partial charge in [-0.3, -0.25) is 9.59 Å². The molecule has 2 amide bonds. The smallest absolute Gasteiger partial charge is 0.253 e. The monoisotopic (exact) mass is 289 g/mol. The molecule has 0 bridgehead atoms. The zero-order valence-electron chi connectivity index (χ0n) is 12.8. The fourth-order valence-corrected chi connectivity index (χ4v) is 2.70. The molecule has 2 atom stereocenters. The van der Waals surface area contributed by atoms with Crippen molar-refractivity contribution >= 4 is 17.5 Å². The maximum Gasteiger partial charge on any atom is 0.253 e. The molecule has 0 spiro atoms. The zero-order chi connectivity index (χ0) is 15.6. The van der Waals surface area contributed by atoms with Crippen LogP contribution >= 0.6 is 0 Å². The van der Waals surface area contributed by atoms with Crippen molar-refractivity contribution < 1.29 is 9.59 Å². The third kappa shape index (κ3) is 3.08. The molecule has 1 fully saturated rings. The Hall–Kier alpha value is -1.88. The van der Waals surface area contributed by atoms with E-state index in [1.54, 1.807) is 38.4 Å². The van der Waals surface area contributed by atoms with Gasteiger partial charge in [0.2, 0.25) is 5.91 Å². The minimum Gasteiger partial charge on any atom is -0.345 e. The number of hydrogen-bond donors (Lipinski definition) is 2. The summed E-state index contributed by atoms with van der Waals surface area (Å²) in [6.45, 7) is 1.92. The van der Waals surface area contributed by atoms with E-state index in [2.05, 4.69) is 5.32 Å². The Balaban J connectivity index is 2.07. The Morgan fingerprint density at radius 3 is 2.38 bits per heavy atom. The number of nitrogens with one attached hydrogen (secondary N) is 1. The van der Waals surface area contributed by atoms with E-state index in [-0.39, 0.29) is 17.9 Å². The van der Waals surface area contributed by atoms with Crippen molar-refractivity contribution in [2.24, 2.45) is 11.1 Å². The van der Waals surface area contributed by atoms with E-state index in [0.29, 0.717) is 11.3 Å². The Bertz CT molecular complexity index is 539. The number of carbonyl (C=O) groups excluding carboxylic acids is 2. The first-order valence-corrected chi connectivity index (χ1v) is 7.23. The fourth-order valence-electron chi connectivity index (χ4n) is 2.70. The summed E-state index contributed by atoms with van der Waals surface area (Å²) in [4.78, 5) is 25.7. The minimum atomic E-state index is -0.502. The van der Waals surface area contributed by atoms with Gasteiger partial charge in [0.25, 0.3) is 5.91 Å². The van der Waals surface area contributed by atoms with E-state index in [1.807, 2.05) is 6.92 Å². The van der Waals surface area contributed by atoms with Crippen LogP contribution in [-0.2, 0) is 4.79 Å². The van der Waals surface area contributed by atoms with Crippen LogP contribution in [0.3, 0.4) is 0 Å². The number of anilines is 1.